The van der Waals surface area contributed by atoms with E-state index in [1.165, 1.54) is 5.56 Å². The first-order valence-electron chi connectivity index (χ1n) is 4.50. The zero-order valence-corrected chi connectivity index (χ0v) is 10.3. The summed E-state index contributed by atoms with van der Waals surface area (Å²) in [5.41, 5.74) is 2.82. The molecule has 0 unspecified atom stereocenters. The van der Waals surface area contributed by atoms with Gasteiger partial charge in [-0.3, -0.25) is 4.68 Å². The summed E-state index contributed by atoms with van der Waals surface area (Å²) in [7, 11) is 1.97. The van der Waals surface area contributed by atoms with E-state index in [0.29, 0.717) is 5.41 Å². The highest BCUT2D eigenvalue weighted by Crippen LogP contribution is 2.25. The quantitative estimate of drug-likeness (QED) is 0.748. The van der Waals surface area contributed by atoms with Crippen molar-refractivity contribution in [1.29, 1.82) is 0 Å². The highest BCUT2D eigenvalue weighted by Gasteiger charge is 2.18. The van der Waals surface area contributed by atoms with Gasteiger partial charge in [0.25, 0.3) is 0 Å². The smallest absolute Gasteiger partial charge is 0.0625 e. The average Bonchev–Trinajstić information content (AvgIpc) is 2.30. The fraction of sp³-hybridized carbons (Fsp3) is 0.700. The van der Waals surface area contributed by atoms with Gasteiger partial charge in [-0.2, -0.15) is 5.10 Å². The molecule has 1 aromatic heterocycles. The third-order valence-electron chi connectivity index (χ3n) is 2.15. The van der Waals surface area contributed by atoms with Crippen molar-refractivity contribution in [2.75, 3.05) is 5.33 Å². The predicted octanol–water partition coefficient (Wildman–Crippen LogP) is 2.69. The predicted molar refractivity (Wildman–Crippen MR) is 59.2 cm³/mol. The maximum Gasteiger partial charge on any atom is 0.0625 e. The second kappa shape index (κ2) is 3.82. The summed E-state index contributed by atoms with van der Waals surface area (Å²) in [6, 6.07) is 0. The molecule has 0 aliphatic heterocycles. The van der Waals surface area contributed by atoms with Crippen molar-refractivity contribution >= 4 is 15.9 Å². The number of hydrogen-bond acceptors (Lipinski definition) is 1. The Bertz CT molecular complexity index is 289. The lowest BCUT2D eigenvalue weighted by molar-refractivity contribution is 0.424. The van der Waals surface area contributed by atoms with Gasteiger partial charge in [0.1, 0.15) is 0 Å². The van der Waals surface area contributed by atoms with Gasteiger partial charge in [-0.15, -0.1) is 0 Å². The average molecular weight is 245 g/mol. The van der Waals surface area contributed by atoms with Crippen molar-refractivity contribution in [3.05, 3.63) is 17.5 Å². The molecule has 1 heterocycles. The van der Waals surface area contributed by atoms with E-state index in [4.69, 9.17) is 0 Å². The summed E-state index contributed by atoms with van der Waals surface area (Å²) >= 11 is 3.53. The minimum atomic E-state index is 0.313. The van der Waals surface area contributed by atoms with E-state index < -0.39 is 0 Å². The molecule has 1 aromatic rings. The lowest BCUT2D eigenvalue weighted by Gasteiger charge is -2.20. The first-order valence-corrected chi connectivity index (χ1v) is 5.62. The molecule has 1 rings (SSSR count). The lowest BCUT2D eigenvalue weighted by Crippen LogP contribution is -2.16. The zero-order valence-electron chi connectivity index (χ0n) is 8.76. The fourth-order valence-electron chi connectivity index (χ4n) is 1.39. The molecule has 2 nitrogen and oxygen atoms in total. The van der Waals surface area contributed by atoms with Crippen molar-refractivity contribution in [1.82, 2.24) is 9.78 Å². The van der Waals surface area contributed by atoms with Gasteiger partial charge in [0.15, 0.2) is 0 Å². The number of rotatable bonds is 3. The maximum atomic E-state index is 4.33. The molecule has 0 atom stereocenters. The molecule has 0 fully saturated rings. The summed E-state index contributed by atoms with van der Waals surface area (Å²) < 4.78 is 1.88. The SMILES string of the molecule is Cc1nn(C)cc1CC(C)(C)CBr. The number of aromatic nitrogens is 2. The van der Waals surface area contributed by atoms with Gasteiger partial charge in [0, 0.05) is 18.6 Å². The molecular formula is C10H17BrN2. The number of halogens is 1. The van der Waals surface area contributed by atoms with Crippen molar-refractivity contribution < 1.29 is 0 Å². The second-order valence-corrected chi connectivity index (χ2v) is 4.95. The minimum absolute atomic E-state index is 0.313. The van der Waals surface area contributed by atoms with E-state index >= 15 is 0 Å². The van der Waals surface area contributed by atoms with Crippen LogP contribution in [0.2, 0.25) is 0 Å². The van der Waals surface area contributed by atoms with Crippen LogP contribution in [0.1, 0.15) is 25.1 Å². The topological polar surface area (TPSA) is 17.8 Å². The van der Waals surface area contributed by atoms with E-state index in [2.05, 4.69) is 48.0 Å². The number of hydrogen-bond donors (Lipinski definition) is 0. The molecule has 0 saturated carbocycles. The van der Waals surface area contributed by atoms with Crippen LogP contribution in [-0.4, -0.2) is 15.1 Å². The van der Waals surface area contributed by atoms with Gasteiger partial charge in [-0.1, -0.05) is 29.8 Å². The molecule has 3 heteroatoms. The van der Waals surface area contributed by atoms with Crippen LogP contribution in [0.3, 0.4) is 0 Å². The Labute approximate surface area is 88.5 Å². The zero-order chi connectivity index (χ0) is 10.1. The minimum Gasteiger partial charge on any atom is -0.275 e. The van der Waals surface area contributed by atoms with E-state index in [1.807, 2.05) is 11.7 Å². The summed E-state index contributed by atoms with van der Waals surface area (Å²) in [5.74, 6) is 0. The van der Waals surface area contributed by atoms with E-state index in [9.17, 15) is 0 Å². The van der Waals surface area contributed by atoms with Crippen LogP contribution in [0.4, 0.5) is 0 Å². The molecule has 0 amide bonds. The van der Waals surface area contributed by atoms with Crippen LogP contribution in [0, 0.1) is 12.3 Å². The molecule has 0 spiro atoms. The Morgan fingerprint density at radius 2 is 2.15 bits per heavy atom. The van der Waals surface area contributed by atoms with E-state index in [0.717, 1.165) is 17.4 Å². The highest BCUT2D eigenvalue weighted by molar-refractivity contribution is 9.09. The fourth-order valence-corrected chi connectivity index (χ4v) is 1.58. The largest absolute Gasteiger partial charge is 0.275 e. The Kier molecular flexibility index (Phi) is 3.17. The van der Waals surface area contributed by atoms with Crippen LogP contribution in [0.25, 0.3) is 0 Å². The number of alkyl halides is 1. The van der Waals surface area contributed by atoms with Crippen LogP contribution in [0.5, 0.6) is 0 Å². The maximum absolute atomic E-state index is 4.33. The number of aryl methyl sites for hydroxylation is 2. The normalized spacial score (nSPS) is 12.1. The first kappa shape index (κ1) is 10.8. The Hall–Kier alpha value is -0.310. The van der Waals surface area contributed by atoms with Crippen LogP contribution in [0.15, 0.2) is 6.20 Å². The Morgan fingerprint density at radius 1 is 1.54 bits per heavy atom. The summed E-state index contributed by atoms with van der Waals surface area (Å²) in [4.78, 5) is 0. The lowest BCUT2D eigenvalue weighted by atomic mass is 9.88. The summed E-state index contributed by atoms with van der Waals surface area (Å²) in [5, 5.41) is 5.35. The monoisotopic (exact) mass is 244 g/mol. The first-order chi connectivity index (χ1) is 5.94. The van der Waals surface area contributed by atoms with Gasteiger partial charge in [-0.25, -0.2) is 0 Å². The third kappa shape index (κ3) is 2.83. The molecule has 0 N–H and O–H groups in total. The van der Waals surface area contributed by atoms with Gasteiger partial charge >= 0.3 is 0 Å². The van der Waals surface area contributed by atoms with Crippen molar-refractivity contribution in [2.24, 2.45) is 12.5 Å². The Morgan fingerprint density at radius 3 is 2.54 bits per heavy atom. The van der Waals surface area contributed by atoms with E-state index in [-0.39, 0.29) is 0 Å². The standard InChI is InChI=1S/C10H17BrN2/c1-8-9(6-13(4)12-8)5-10(2,3)7-11/h6H,5,7H2,1-4H3. The van der Waals surface area contributed by atoms with Gasteiger partial charge in [0.2, 0.25) is 0 Å². The second-order valence-electron chi connectivity index (χ2n) is 4.39. The van der Waals surface area contributed by atoms with Crippen LogP contribution >= 0.6 is 15.9 Å². The van der Waals surface area contributed by atoms with Crippen molar-refractivity contribution in [3.63, 3.8) is 0 Å². The van der Waals surface area contributed by atoms with Crippen LogP contribution < -0.4 is 0 Å². The molecule has 0 saturated heterocycles. The van der Waals surface area contributed by atoms with Gasteiger partial charge in [0.05, 0.1) is 5.69 Å². The van der Waals surface area contributed by atoms with Gasteiger partial charge in [-0.05, 0) is 24.3 Å². The number of nitrogens with zero attached hydrogens (tertiary/aromatic N) is 2. The molecule has 0 bridgehead atoms. The van der Waals surface area contributed by atoms with E-state index in [1.54, 1.807) is 0 Å². The molecular weight excluding hydrogens is 228 g/mol. The molecule has 13 heavy (non-hydrogen) atoms. The van der Waals surface area contributed by atoms with Crippen molar-refractivity contribution in [3.8, 4) is 0 Å². The molecule has 0 aromatic carbocycles. The van der Waals surface area contributed by atoms with Crippen molar-refractivity contribution in [2.45, 2.75) is 27.2 Å². The summed E-state index contributed by atoms with van der Waals surface area (Å²) in [6.07, 6.45) is 3.19. The third-order valence-corrected chi connectivity index (χ3v) is 3.66. The van der Waals surface area contributed by atoms with Crippen LogP contribution in [-0.2, 0) is 13.5 Å². The summed E-state index contributed by atoms with van der Waals surface area (Å²) in [6.45, 7) is 6.59. The molecule has 74 valence electrons. The molecule has 0 radical (unpaired) electrons. The Balaban J connectivity index is 2.79. The molecule has 0 aliphatic rings. The highest BCUT2D eigenvalue weighted by atomic mass is 79.9. The van der Waals surface area contributed by atoms with Gasteiger partial charge < -0.3 is 0 Å². The molecule has 0 aliphatic carbocycles.